The lowest BCUT2D eigenvalue weighted by atomic mass is 10.1. The highest BCUT2D eigenvalue weighted by Gasteiger charge is 2.41. The Balaban J connectivity index is 1.62. The molecule has 0 aliphatic carbocycles. The van der Waals surface area contributed by atoms with Gasteiger partial charge in [0.05, 0.1) is 17.0 Å². The highest BCUT2D eigenvalue weighted by Crippen LogP contribution is 2.31. The fourth-order valence-electron chi connectivity index (χ4n) is 2.78. The van der Waals surface area contributed by atoms with E-state index < -0.39 is 22.4 Å². The summed E-state index contributed by atoms with van der Waals surface area (Å²) in [6.45, 7) is -0.263. The Labute approximate surface area is 156 Å². The van der Waals surface area contributed by atoms with Crippen LogP contribution in [-0.4, -0.2) is 31.8 Å². The summed E-state index contributed by atoms with van der Waals surface area (Å²) in [5.74, 6) is -1.11. The molecule has 4 rings (SSSR count). The van der Waals surface area contributed by atoms with Gasteiger partial charge in [-0.15, -0.1) is 0 Å². The van der Waals surface area contributed by atoms with Crippen LogP contribution in [0.25, 0.3) is 11.5 Å². The van der Waals surface area contributed by atoms with E-state index in [1.54, 1.807) is 24.3 Å². The molecule has 2 heterocycles. The second-order valence-electron chi connectivity index (χ2n) is 5.68. The molecule has 0 fully saturated rings. The summed E-state index contributed by atoms with van der Waals surface area (Å²) in [6, 6.07) is 10.6. The molecule has 0 radical (unpaired) electrons. The Morgan fingerprint density at radius 1 is 1.11 bits per heavy atom. The first kappa shape index (κ1) is 16.9. The van der Waals surface area contributed by atoms with Gasteiger partial charge >= 0.3 is 0 Å². The van der Waals surface area contributed by atoms with E-state index in [0.29, 0.717) is 10.6 Å². The molecule has 2 amide bonds. The summed E-state index contributed by atoms with van der Waals surface area (Å²) in [4.78, 5) is 40.5. The number of carbonyl (C=O) groups excluding carboxylic acids is 2. The minimum atomic E-state index is -0.764. The van der Waals surface area contributed by atoms with E-state index in [4.69, 9.17) is 16.1 Å². The number of nitro benzene ring substituents is 1. The van der Waals surface area contributed by atoms with Crippen LogP contribution in [0.2, 0.25) is 5.02 Å². The number of rotatable bonds is 4. The number of hydrogen-bond acceptors (Lipinski definition) is 7. The minimum Gasteiger partial charge on any atom is -0.334 e. The number of carbonyl (C=O) groups is 2. The van der Waals surface area contributed by atoms with Crippen molar-refractivity contribution in [1.82, 2.24) is 15.0 Å². The van der Waals surface area contributed by atoms with Crippen LogP contribution in [0.1, 0.15) is 26.5 Å². The van der Waals surface area contributed by atoms with Gasteiger partial charge in [-0.05, 0) is 30.3 Å². The Hall–Kier alpha value is -3.59. The highest BCUT2D eigenvalue weighted by molar-refractivity contribution is 6.30. The molecule has 0 saturated carbocycles. The van der Waals surface area contributed by atoms with E-state index in [9.17, 15) is 19.7 Å². The van der Waals surface area contributed by atoms with E-state index in [0.717, 1.165) is 4.90 Å². The van der Waals surface area contributed by atoms with Crippen LogP contribution >= 0.6 is 11.6 Å². The average Bonchev–Trinajstić information content (AvgIpc) is 3.22. The number of nitro groups is 1. The maximum absolute atomic E-state index is 12.6. The van der Waals surface area contributed by atoms with E-state index >= 15 is 0 Å². The predicted octanol–water partition coefficient (Wildman–Crippen LogP) is 3.09. The van der Waals surface area contributed by atoms with Gasteiger partial charge in [-0.2, -0.15) is 4.98 Å². The molecular formula is C17H9ClN4O5. The number of nitrogens with zero attached hydrogens (tertiary/aromatic N) is 4. The first-order valence-corrected chi connectivity index (χ1v) is 8.05. The second-order valence-corrected chi connectivity index (χ2v) is 6.11. The van der Waals surface area contributed by atoms with E-state index in [-0.39, 0.29) is 29.4 Å². The Kier molecular flexibility index (Phi) is 3.93. The lowest BCUT2D eigenvalue weighted by molar-refractivity contribution is -0.385. The molecule has 1 aliphatic heterocycles. The zero-order chi connectivity index (χ0) is 19.1. The molecule has 1 aromatic heterocycles. The number of imide groups is 1. The molecule has 1 aliphatic rings. The van der Waals surface area contributed by atoms with Gasteiger partial charge in [0.2, 0.25) is 0 Å². The minimum absolute atomic E-state index is 0.0179. The second kappa shape index (κ2) is 6.29. The van der Waals surface area contributed by atoms with Gasteiger partial charge in [0.25, 0.3) is 23.4 Å². The summed E-state index contributed by atoms with van der Waals surface area (Å²) in [5, 5.41) is 15.5. The van der Waals surface area contributed by atoms with E-state index in [1.807, 2.05) is 0 Å². The monoisotopic (exact) mass is 384 g/mol. The molecule has 27 heavy (non-hydrogen) atoms. The van der Waals surface area contributed by atoms with Crippen LogP contribution in [0.3, 0.4) is 0 Å². The number of benzene rings is 2. The smallest absolute Gasteiger partial charge is 0.282 e. The quantitative estimate of drug-likeness (QED) is 0.385. The SMILES string of the molecule is O=C1c2cccc([N+](=O)[O-])c2C(=O)N1Cc1noc(-c2ccc(Cl)cc2)n1. The van der Waals surface area contributed by atoms with Gasteiger partial charge < -0.3 is 4.52 Å². The zero-order valence-electron chi connectivity index (χ0n) is 13.5. The third-order valence-electron chi connectivity index (χ3n) is 4.03. The largest absolute Gasteiger partial charge is 0.334 e. The maximum Gasteiger partial charge on any atom is 0.282 e. The van der Waals surface area contributed by atoms with Gasteiger partial charge in [-0.1, -0.05) is 22.8 Å². The van der Waals surface area contributed by atoms with Crippen LogP contribution in [0, 0.1) is 10.1 Å². The van der Waals surface area contributed by atoms with Crippen molar-refractivity contribution in [2.24, 2.45) is 0 Å². The zero-order valence-corrected chi connectivity index (χ0v) is 14.2. The lowest BCUT2D eigenvalue weighted by Crippen LogP contribution is -2.29. The van der Waals surface area contributed by atoms with Crippen molar-refractivity contribution < 1.29 is 19.0 Å². The van der Waals surface area contributed by atoms with Crippen molar-refractivity contribution in [3.63, 3.8) is 0 Å². The maximum atomic E-state index is 12.6. The molecule has 9 nitrogen and oxygen atoms in total. The average molecular weight is 385 g/mol. The van der Waals surface area contributed by atoms with Crippen LogP contribution in [0.5, 0.6) is 0 Å². The van der Waals surface area contributed by atoms with Crippen molar-refractivity contribution in [3.8, 4) is 11.5 Å². The normalized spacial score (nSPS) is 13.1. The predicted molar refractivity (Wildman–Crippen MR) is 92.0 cm³/mol. The van der Waals surface area contributed by atoms with Crippen LogP contribution < -0.4 is 0 Å². The molecule has 134 valence electrons. The van der Waals surface area contributed by atoms with Crippen LogP contribution in [0.4, 0.5) is 5.69 Å². The Morgan fingerprint density at radius 2 is 1.85 bits per heavy atom. The third-order valence-corrected chi connectivity index (χ3v) is 4.28. The topological polar surface area (TPSA) is 119 Å². The van der Waals surface area contributed by atoms with Crippen molar-refractivity contribution in [1.29, 1.82) is 0 Å². The number of fused-ring (bicyclic) bond motifs is 1. The lowest BCUT2D eigenvalue weighted by Gasteiger charge is -2.10. The third kappa shape index (κ3) is 2.83. The molecule has 0 bridgehead atoms. The summed E-state index contributed by atoms with van der Waals surface area (Å²) >= 11 is 5.83. The number of halogens is 1. The summed E-state index contributed by atoms with van der Waals surface area (Å²) < 4.78 is 5.15. The molecular weight excluding hydrogens is 376 g/mol. The van der Waals surface area contributed by atoms with E-state index in [2.05, 4.69) is 10.1 Å². The van der Waals surface area contributed by atoms with Gasteiger partial charge in [0.1, 0.15) is 5.56 Å². The van der Waals surface area contributed by atoms with Crippen molar-refractivity contribution >= 4 is 29.1 Å². The molecule has 0 N–H and O–H groups in total. The first-order chi connectivity index (χ1) is 13.0. The highest BCUT2D eigenvalue weighted by atomic mass is 35.5. The van der Waals surface area contributed by atoms with Crippen molar-refractivity contribution in [3.05, 3.63) is 74.6 Å². The standard InChI is InChI=1S/C17H9ClN4O5/c18-10-6-4-9(5-7-10)15-19-13(20-27-15)8-21-16(23)11-2-1-3-12(22(25)26)14(11)17(21)24/h1-7H,8H2. The summed E-state index contributed by atoms with van der Waals surface area (Å²) in [5.41, 5.74) is -0.0380. The van der Waals surface area contributed by atoms with E-state index in [1.165, 1.54) is 18.2 Å². The van der Waals surface area contributed by atoms with Crippen molar-refractivity contribution in [2.75, 3.05) is 0 Å². The van der Waals surface area contributed by atoms with Gasteiger partial charge in [-0.3, -0.25) is 24.6 Å². The summed E-state index contributed by atoms with van der Waals surface area (Å²) in [6.07, 6.45) is 0. The number of hydrogen-bond donors (Lipinski definition) is 0. The first-order valence-electron chi connectivity index (χ1n) is 7.68. The van der Waals surface area contributed by atoms with Crippen LogP contribution in [0.15, 0.2) is 47.0 Å². The Morgan fingerprint density at radius 3 is 2.56 bits per heavy atom. The number of amides is 2. The molecule has 10 heteroatoms. The molecule has 3 aromatic rings. The van der Waals surface area contributed by atoms with Gasteiger partial charge in [0.15, 0.2) is 5.82 Å². The fourth-order valence-corrected chi connectivity index (χ4v) is 2.91. The van der Waals surface area contributed by atoms with Gasteiger partial charge in [-0.25, -0.2) is 0 Å². The molecule has 0 saturated heterocycles. The molecule has 2 aromatic carbocycles. The van der Waals surface area contributed by atoms with Gasteiger partial charge in [0, 0.05) is 16.7 Å². The molecule has 0 unspecified atom stereocenters. The fraction of sp³-hybridized carbons (Fsp3) is 0.0588. The Bertz CT molecular complexity index is 1090. The molecule has 0 spiro atoms. The van der Waals surface area contributed by atoms with Crippen LogP contribution in [-0.2, 0) is 6.54 Å². The number of aromatic nitrogens is 2. The molecule has 0 atom stereocenters. The van der Waals surface area contributed by atoms with Crippen molar-refractivity contribution in [2.45, 2.75) is 6.54 Å². The summed E-state index contributed by atoms with van der Waals surface area (Å²) in [7, 11) is 0.